The Morgan fingerprint density at radius 1 is 1.50 bits per heavy atom. The SMILES string of the molecule is CC1=[C-]CC=C1.[Cl][Zr]([Cl])[Cl]. The molecule has 0 aliphatic heterocycles. The predicted octanol–water partition coefficient (Wildman–Crippen LogP) is 3.76. The number of halogens is 3. The topological polar surface area (TPSA) is 0 Å². The summed E-state index contributed by atoms with van der Waals surface area (Å²) in [6, 6.07) is 0. The van der Waals surface area contributed by atoms with Crippen LogP contribution in [0.15, 0.2) is 17.7 Å². The average Bonchev–Trinajstić information content (AvgIpc) is 2.15. The molecule has 0 aromatic heterocycles. The Kier molecular flexibility index (Phi) is 7.77. The van der Waals surface area contributed by atoms with Gasteiger partial charge in [0.25, 0.3) is 0 Å². The Morgan fingerprint density at radius 2 is 2.00 bits per heavy atom. The van der Waals surface area contributed by atoms with Crippen LogP contribution >= 0.6 is 25.5 Å². The van der Waals surface area contributed by atoms with Crippen LogP contribution in [0.4, 0.5) is 0 Å². The molecule has 4 heteroatoms. The fraction of sp³-hybridized carbons (Fsp3) is 0.333. The summed E-state index contributed by atoms with van der Waals surface area (Å²) in [4.78, 5) is 0. The second-order valence-corrected chi connectivity index (χ2v) is 12.9. The predicted molar refractivity (Wildman–Crippen MR) is 43.7 cm³/mol. The summed E-state index contributed by atoms with van der Waals surface area (Å²) in [7, 11) is 15.0. The van der Waals surface area contributed by atoms with Crippen LogP contribution in [-0.2, 0) is 18.2 Å². The summed E-state index contributed by atoms with van der Waals surface area (Å²) in [5.41, 5.74) is 1.27. The number of hydrogen-bond donors (Lipinski definition) is 0. The molecule has 1 aliphatic rings. The van der Waals surface area contributed by atoms with Crippen molar-refractivity contribution in [3.05, 3.63) is 23.8 Å². The number of hydrogen-bond acceptors (Lipinski definition) is 0. The van der Waals surface area contributed by atoms with E-state index in [2.05, 4.69) is 25.2 Å². The molecule has 0 heterocycles. The summed E-state index contributed by atoms with van der Waals surface area (Å²) >= 11 is -2.13. The third-order valence-electron chi connectivity index (χ3n) is 0.867. The van der Waals surface area contributed by atoms with E-state index in [4.69, 9.17) is 25.5 Å². The van der Waals surface area contributed by atoms with Crippen LogP contribution in [0, 0.1) is 6.08 Å². The zero-order chi connectivity index (χ0) is 7.98. The first-order valence-corrected chi connectivity index (χ1v) is 12.2. The van der Waals surface area contributed by atoms with Gasteiger partial charge in [-0.25, -0.2) is 11.6 Å². The molecule has 0 atom stereocenters. The van der Waals surface area contributed by atoms with Crippen molar-refractivity contribution < 1.29 is 18.2 Å². The number of allylic oxidation sites excluding steroid dienone is 4. The first-order chi connectivity index (χ1) is 4.63. The van der Waals surface area contributed by atoms with Gasteiger partial charge in [0.05, 0.1) is 0 Å². The summed E-state index contributed by atoms with van der Waals surface area (Å²) in [6.07, 6.45) is 8.33. The molecule has 0 nitrogen and oxygen atoms in total. The molecule has 1 rings (SSSR count). The van der Waals surface area contributed by atoms with Crippen LogP contribution in [0.3, 0.4) is 0 Å². The van der Waals surface area contributed by atoms with E-state index in [1.54, 1.807) is 0 Å². The standard InChI is InChI=1S/C6H7.3ClH.Zr/c1-6-4-2-3-5-6;;;;/h2,4H,3H2,1H3;3*1H;/q-1;;;;+3/p-3. The Bertz CT molecular complexity index is 134. The van der Waals surface area contributed by atoms with Crippen LogP contribution in [0.25, 0.3) is 0 Å². The van der Waals surface area contributed by atoms with Crippen molar-refractivity contribution in [3.63, 3.8) is 0 Å². The van der Waals surface area contributed by atoms with Gasteiger partial charge < -0.3 is 0 Å². The zero-order valence-electron chi connectivity index (χ0n) is 5.50. The molecule has 0 aromatic rings. The van der Waals surface area contributed by atoms with E-state index in [-0.39, 0.29) is 0 Å². The van der Waals surface area contributed by atoms with Crippen molar-refractivity contribution in [2.45, 2.75) is 13.3 Å². The monoisotopic (exact) mass is 274 g/mol. The van der Waals surface area contributed by atoms with Crippen molar-refractivity contribution in [2.75, 3.05) is 0 Å². The van der Waals surface area contributed by atoms with Crippen molar-refractivity contribution in [1.29, 1.82) is 0 Å². The fourth-order valence-corrected chi connectivity index (χ4v) is 0.515. The normalized spacial score (nSPS) is 13.8. The van der Waals surface area contributed by atoms with Crippen LogP contribution < -0.4 is 0 Å². The van der Waals surface area contributed by atoms with Gasteiger partial charge in [0.1, 0.15) is 0 Å². The maximum atomic E-state index is 5.00. The number of rotatable bonds is 0. The van der Waals surface area contributed by atoms with E-state index < -0.39 is 18.2 Å². The molecule has 57 valence electrons. The Hall–Kier alpha value is 1.23. The van der Waals surface area contributed by atoms with Gasteiger partial charge in [-0.05, 0) is 0 Å². The van der Waals surface area contributed by atoms with Gasteiger partial charge in [-0.2, -0.15) is 6.08 Å². The Morgan fingerprint density at radius 3 is 2.10 bits per heavy atom. The third-order valence-corrected chi connectivity index (χ3v) is 0.867. The average molecular weight is 277 g/mol. The summed E-state index contributed by atoms with van der Waals surface area (Å²) in [5.74, 6) is 0. The van der Waals surface area contributed by atoms with E-state index in [0.29, 0.717) is 0 Å². The maximum absolute atomic E-state index is 5.00. The van der Waals surface area contributed by atoms with Crippen LogP contribution in [-0.4, -0.2) is 0 Å². The molecule has 0 aromatic carbocycles. The summed E-state index contributed by atoms with van der Waals surface area (Å²) in [5, 5.41) is 0. The molecule has 0 N–H and O–H groups in total. The molecular weight excluding hydrogens is 270 g/mol. The van der Waals surface area contributed by atoms with E-state index in [9.17, 15) is 0 Å². The molecule has 10 heavy (non-hydrogen) atoms. The van der Waals surface area contributed by atoms with Gasteiger partial charge in [0.2, 0.25) is 0 Å². The van der Waals surface area contributed by atoms with Crippen molar-refractivity contribution in [3.8, 4) is 0 Å². The molecule has 0 spiro atoms. The van der Waals surface area contributed by atoms with Crippen LogP contribution in [0.2, 0.25) is 0 Å². The molecule has 0 saturated heterocycles. The molecule has 0 radical (unpaired) electrons. The van der Waals surface area contributed by atoms with Gasteiger partial charge in [-0.1, -0.05) is 6.92 Å². The van der Waals surface area contributed by atoms with E-state index >= 15 is 0 Å². The minimum atomic E-state index is -2.13. The molecule has 0 amide bonds. The molecule has 0 unspecified atom stereocenters. The second kappa shape index (κ2) is 6.91. The molecule has 0 bridgehead atoms. The zero-order valence-corrected chi connectivity index (χ0v) is 10.2. The van der Waals surface area contributed by atoms with Gasteiger partial charge in [-0.3, -0.25) is 6.08 Å². The van der Waals surface area contributed by atoms with Crippen LogP contribution in [0.5, 0.6) is 0 Å². The van der Waals surface area contributed by atoms with Gasteiger partial charge in [0.15, 0.2) is 0 Å². The Balaban J connectivity index is 0.000000180. The molecule has 1 aliphatic carbocycles. The van der Waals surface area contributed by atoms with Crippen molar-refractivity contribution in [1.82, 2.24) is 0 Å². The first kappa shape index (κ1) is 11.2. The van der Waals surface area contributed by atoms with Gasteiger partial charge >= 0.3 is 43.7 Å². The van der Waals surface area contributed by atoms with Crippen LogP contribution in [0.1, 0.15) is 13.3 Å². The first-order valence-electron chi connectivity index (χ1n) is 2.70. The van der Waals surface area contributed by atoms with E-state index in [1.165, 1.54) is 5.57 Å². The summed E-state index contributed by atoms with van der Waals surface area (Å²) < 4.78 is 0. The third kappa shape index (κ3) is 9.23. The quantitative estimate of drug-likeness (QED) is 0.591. The minimum absolute atomic E-state index is 1.02. The van der Waals surface area contributed by atoms with Crippen molar-refractivity contribution >= 4 is 25.5 Å². The van der Waals surface area contributed by atoms with E-state index in [1.807, 2.05) is 0 Å². The molecule has 0 saturated carbocycles. The molecular formula is C6H7Cl3Zr-. The van der Waals surface area contributed by atoms with Gasteiger partial charge in [-0.15, -0.1) is 6.42 Å². The summed E-state index contributed by atoms with van der Waals surface area (Å²) in [6.45, 7) is 2.06. The second-order valence-electron chi connectivity index (χ2n) is 1.68. The fourth-order valence-electron chi connectivity index (χ4n) is 0.515. The van der Waals surface area contributed by atoms with Crippen molar-refractivity contribution in [2.24, 2.45) is 0 Å². The van der Waals surface area contributed by atoms with Gasteiger partial charge in [0, 0.05) is 0 Å². The Labute approximate surface area is 80.2 Å². The molecule has 0 fully saturated rings. The van der Waals surface area contributed by atoms with E-state index in [0.717, 1.165) is 6.42 Å².